The van der Waals surface area contributed by atoms with E-state index in [1.165, 1.54) is 0 Å². The van der Waals surface area contributed by atoms with Crippen LogP contribution < -0.4 is 0 Å². The maximum Gasteiger partial charge on any atom is 0.0701 e. The summed E-state index contributed by atoms with van der Waals surface area (Å²) in [4.78, 5) is 0. The van der Waals surface area contributed by atoms with Crippen LogP contribution in [0.2, 0.25) is 0 Å². The Morgan fingerprint density at radius 1 is 0.333 bits per heavy atom. The van der Waals surface area contributed by atoms with Crippen molar-refractivity contribution in [1.82, 2.24) is 0 Å². The molecule has 7 nitrogen and oxygen atoms in total. The van der Waals surface area contributed by atoms with E-state index in [4.69, 9.17) is 30.7 Å². The number of hydrogen-bond acceptors (Lipinski definition) is 7. The highest BCUT2D eigenvalue weighted by molar-refractivity contribution is 4.38. The second-order valence-corrected chi connectivity index (χ2v) is 3.28. The molecule has 1 saturated heterocycles. The molecule has 0 spiro atoms. The zero-order valence-corrected chi connectivity index (χ0v) is 11.5. The Balaban J connectivity index is 2.95. The first-order valence-corrected chi connectivity index (χ1v) is 6.20. The fourth-order valence-electron chi connectivity index (χ4n) is 0.975. The SMILES string of the molecule is [2H]C1([2H])COCCOCCOCC([2H])([2H])OC([2H])([2H])COC([2H])([2H])C([2H])([2H])OCC([2H])([2H])O1. The third-order valence-corrected chi connectivity index (χ3v) is 1.80. The van der Waals surface area contributed by atoms with E-state index in [-0.39, 0.29) is 26.4 Å². The lowest BCUT2D eigenvalue weighted by molar-refractivity contribution is -0.0152. The summed E-state index contributed by atoms with van der Waals surface area (Å²) >= 11 is 0. The van der Waals surface area contributed by atoms with Crippen molar-refractivity contribution >= 4 is 0 Å². The van der Waals surface area contributed by atoms with Gasteiger partial charge in [0.05, 0.1) is 109 Å². The first-order chi connectivity index (χ1) is 14.8. The molecule has 0 atom stereocenters. The molecule has 0 bridgehead atoms. The fourth-order valence-corrected chi connectivity index (χ4v) is 0.975. The van der Waals surface area contributed by atoms with Crippen LogP contribution in [-0.4, -0.2) is 92.2 Å². The molecule has 1 rings (SSSR count). The lowest BCUT2D eigenvalue weighted by atomic mass is 10.7. The van der Waals surface area contributed by atoms with Crippen LogP contribution in [0.5, 0.6) is 0 Å². The molecule has 1 heterocycles. The highest BCUT2D eigenvalue weighted by atomic mass is 16.6. The molecule has 1 aliphatic rings. The zero-order valence-electron chi connectivity index (χ0n) is 23.5. The van der Waals surface area contributed by atoms with E-state index >= 15 is 0 Å². The Bertz CT molecular complexity index is 555. The minimum Gasteiger partial charge on any atom is -0.377 e. The van der Waals surface area contributed by atoms with E-state index in [9.17, 15) is 0 Å². The van der Waals surface area contributed by atoms with Gasteiger partial charge < -0.3 is 33.2 Å². The molecule has 7 heteroatoms. The Morgan fingerprint density at radius 2 is 0.667 bits per heavy atom. The predicted octanol–water partition coefficient (Wildman–Crippen LogP) is 0.116. The van der Waals surface area contributed by atoms with Crippen LogP contribution in [0.4, 0.5) is 0 Å². The van der Waals surface area contributed by atoms with Crippen molar-refractivity contribution in [3.05, 3.63) is 0 Å². The van der Waals surface area contributed by atoms with E-state index in [0.29, 0.717) is 0 Å². The molecule has 0 amide bonds. The first-order valence-electron chi connectivity index (χ1n) is 12.2. The molecule has 1 fully saturated rings. The van der Waals surface area contributed by atoms with Crippen molar-refractivity contribution in [2.24, 2.45) is 0 Å². The highest BCUT2D eigenvalue weighted by Gasteiger charge is 1.95. The lowest BCUT2D eigenvalue weighted by Gasteiger charge is -2.07. The van der Waals surface area contributed by atoms with Gasteiger partial charge in [0.1, 0.15) is 0 Å². The largest absolute Gasteiger partial charge is 0.377 e. The standard InChI is InChI=1S/C14H28O7/c1-2-16-5-6-18-9-10-20-13-14-21-12-11-19-8-7-17-4-3-15-1/h1-14H2/i1D2,2D2,4D2,6D2,7D2,9D2. The molecular formula is C14H28O7. The van der Waals surface area contributed by atoms with Crippen LogP contribution in [-0.2, 0) is 33.2 Å². The molecule has 0 radical (unpaired) electrons. The van der Waals surface area contributed by atoms with Crippen molar-refractivity contribution in [3.63, 3.8) is 0 Å². The molecular weight excluding hydrogens is 280 g/mol. The molecule has 0 N–H and O–H groups in total. The molecule has 0 aromatic rings. The van der Waals surface area contributed by atoms with Gasteiger partial charge in [0, 0.05) is 0 Å². The van der Waals surface area contributed by atoms with Gasteiger partial charge in [0.25, 0.3) is 0 Å². The maximum atomic E-state index is 7.69. The van der Waals surface area contributed by atoms with Crippen LogP contribution in [0, 0.1) is 0 Å². The molecule has 21 heavy (non-hydrogen) atoms. The Morgan fingerprint density at radius 3 is 1.10 bits per heavy atom. The van der Waals surface area contributed by atoms with Crippen LogP contribution >= 0.6 is 0 Å². The first kappa shape index (κ1) is 7.53. The summed E-state index contributed by atoms with van der Waals surface area (Å²) < 4.78 is 126. The van der Waals surface area contributed by atoms with E-state index in [2.05, 4.69) is 18.9 Å². The van der Waals surface area contributed by atoms with Gasteiger partial charge in [-0.3, -0.25) is 0 Å². The molecule has 0 aromatic heterocycles. The van der Waals surface area contributed by atoms with Gasteiger partial charge in [0.15, 0.2) is 0 Å². The molecule has 0 saturated carbocycles. The molecule has 0 aliphatic carbocycles. The predicted molar refractivity (Wildman–Crippen MR) is 75.7 cm³/mol. The van der Waals surface area contributed by atoms with Gasteiger partial charge >= 0.3 is 0 Å². The van der Waals surface area contributed by atoms with E-state index < -0.39 is 65.8 Å². The van der Waals surface area contributed by atoms with Crippen LogP contribution in [0.25, 0.3) is 0 Å². The second-order valence-electron chi connectivity index (χ2n) is 3.28. The van der Waals surface area contributed by atoms with Gasteiger partial charge in [-0.15, -0.1) is 0 Å². The minimum absolute atomic E-state index is 0.00795. The van der Waals surface area contributed by atoms with Crippen molar-refractivity contribution in [1.29, 1.82) is 0 Å². The normalized spacial score (nSPS) is 46.9. The van der Waals surface area contributed by atoms with E-state index in [1.807, 2.05) is 0 Å². The average molecular weight is 320 g/mol. The summed E-state index contributed by atoms with van der Waals surface area (Å²) in [6.07, 6.45) is 0. The number of rotatable bonds is 0. The molecule has 1 aliphatic heterocycles. The Hall–Kier alpha value is -0.280. The smallest absolute Gasteiger partial charge is 0.0701 e. The second kappa shape index (κ2) is 16.1. The topological polar surface area (TPSA) is 64.6 Å². The van der Waals surface area contributed by atoms with Gasteiger partial charge in [0.2, 0.25) is 0 Å². The molecule has 0 unspecified atom stereocenters. The number of hydrogen-bond donors (Lipinski definition) is 0. The van der Waals surface area contributed by atoms with Gasteiger partial charge in [-0.1, -0.05) is 0 Å². The Kier molecular flexibility index (Phi) is 5.77. The van der Waals surface area contributed by atoms with Crippen LogP contribution in [0.3, 0.4) is 0 Å². The summed E-state index contributed by atoms with van der Waals surface area (Å²) in [5.74, 6) is 0. The fraction of sp³-hybridized carbons (Fsp3) is 1.00. The lowest BCUT2D eigenvalue weighted by Crippen LogP contribution is -2.14. The van der Waals surface area contributed by atoms with Gasteiger partial charge in [-0.25, -0.2) is 0 Å². The summed E-state index contributed by atoms with van der Waals surface area (Å²) in [7, 11) is 0. The highest BCUT2D eigenvalue weighted by Crippen LogP contribution is 1.86. The monoisotopic (exact) mass is 320 g/mol. The minimum atomic E-state index is -3.35. The zero-order chi connectivity index (χ0) is 25.6. The van der Waals surface area contributed by atoms with Crippen molar-refractivity contribution in [2.75, 3.05) is 92.2 Å². The van der Waals surface area contributed by atoms with Crippen molar-refractivity contribution in [3.8, 4) is 0 Å². The maximum absolute atomic E-state index is 7.69. The quantitative estimate of drug-likeness (QED) is 0.628. The van der Waals surface area contributed by atoms with Gasteiger partial charge in [-0.05, 0) is 0 Å². The van der Waals surface area contributed by atoms with E-state index in [1.54, 1.807) is 0 Å². The van der Waals surface area contributed by atoms with E-state index in [0.717, 1.165) is 0 Å². The van der Waals surface area contributed by atoms with Crippen molar-refractivity contribution in [2.45, 2.75) is 0 Å². The summed E-state index contributed by atoms with van der Waals surface area (Å²) in [5.41, 5.74) is 0. The summed E-state index contributed by atoms with van der Waals surface area (Å²) in [5, 5.41) is 0. The molecule has 126 valence electrons. The van der Waals surface area contributed by atoms with Crippen LogP contribution in [0.1, 0.15) is 16.4 Å². The third-order valence-electron chi connectivity index (χ3n) is 1.80. The summed E-state index contributed by atoms with van der Waals surface area (Å²) in [6, 6.07) is 0. The third kappa shape index (κ3) is 14.4. The molecule has 0 aromatic carbocycles. The summed E-state index contributed by atoms with van der Waals surface area (Å²) in [6.45, 7) is -21.9. The number of ether oxygens (including phenoxy) is 7. The Labute approximate surface area is 143 Å². The van der Waals surface area contributed by atoms with Gasteiger partial charge in [-0.2, -0.15) is 0 Å². The van der Waals surface area contributed by atoms with Crippen LogP contribution in [0.15, 0.2) is 0 Å². The van der Waals surface area contributed by atoms with Crippen molar-refractivity contribution < 1.29 is 49.6 Å². The average Bonchev–Trinajstić information content (AvgIpc) is 2.61.